The van der Waals surface area contributed by atoms with Crippen LogP contribution in [0.2, 0.25) is 0 Å². The van der Waals surface area contributed by atoms with E-state index in [1.807, 2.05) is 6.92 Å². The van der Waals surface area contributed by atoms with Gasteiger partial charge in [-0.2, -0.15) is 0 Å². The van der Waals surface area contributed by atoms with E-state index in [1.54, 1.807) is 18.2 Å². The normalized spacial score (nSPS) is 12.5. The van der Waals surface area contributed by atoms with Crippen LogP contribution in [-0.2, 0) is 6.42 Å². The molecule has 1 rings (SSSR count). The highest BCUT2D eigenvalue weighted by Crippen LogP contribution is 2.21. The monoisotopic (exact) mass is 212 g/mol. The Hall–Kier alpha value is -1.09. The fourth-order valence-corrected chi connectivity index (χ4v) is 1.43. The third-order valence-electron chi connectivity index (χ3n) is 2.48. The summed E-state index contributed by atoms with van der Waals surface area (Å²) in [4.78, 5) is 0. The Morgan fingerprint density at radius 1 is 1.47 bits per heavy atom. The summed E-state index contributed by atoms with van der Waals surface area (Å²) >= 11 is 0. The standard InChI is InChI=1S/C12H17FO2/c1-3-10(14)8-7-9-5-4-6-11(15-2)12(9)13/h4-6,10,14H,3,7-8H2,1-2H3. The maximum absolute atomic E-state index is 13.6. The zero-order valence-corrected chi connectivity index (χ0v) is 9.16. The van der Waals surface area contributed by atoms with Gasteiger partial charge in [0.1, 0.15) is 0 Å². The quantitative estimate of drug-likeness (QED) is 0.812. The first kappa shape index (κ1) is 12.0. The molecule has 0 bridgehead atoms. The molecule has 0 radical (unpaired) electrons. The number of aliphatic hydroxyl groups excluding tert-OH is 1. The first-order valence-electron chi connectivity index (χ1n) is 5.18. The van der Waals surface area contributed by atoms with E-state index in [0.717, 1.165) is 0 Å². The van der Waals surface area contributed by atoms with Gasteiger partial charge in [-0.05, 0) is 30.9 Å². The Morgan fingerprint density at radius 2 is 2.20 bits per heavy atom. The molecule has 15 heavy (non-hydrogen) atoms. The van der Waals surface area contributed by atoms with Gasteiger partial charge in [-0.3, -0.25) is 0 Å². The number of aryl methyl sites for hydroxylation is 1. The van der Waals surface area contributed by atoms with E-state index >= 15 is 0 Å². The Morgan fingerprint density at radius 3 is 2.80 bits per heavy atom. The summed E-state index contributed by atoms with van der Waals surface area (Å²) in [5.74, 6) is -0.0539. The molecule has 1 unspecified atom stereocenters. The lowest BCUT2D eigenvalue weighted by Gasteiger charge is -2.09. The van der Waals surface area contributed by atoms with Crippen LogP contribution in [0.5, 0.6) is 5.75 Å². The minimum atomic E-state index is -0.351. The number of ether oxygens (including phenoxy) is 1. The van der Waals surface area contributed by atoms with Gasteiger partial charge in [0.15, 0.2) is 11.6 Å². The fourth-order valence-electron chi connectivity index (χ4n) is 1.43. The fraction of sp³-hybridized carbons (Fsp3) is 0.500. The number of methoxy groups -OCH3 is 1. The average molecular weight is 212 g/mol. The molecule has 84 valence electrons. The van der Waals surface area contributed by atoms with E-state index in [2.05, 4.69) is 0 Å². The van der Waals surface area contributed by atoms with E-state index < -0.39 is 0 Å². The maximum atomic E-state index is 13.6. The van der Waals surface area contributed by atoms with Crippen molar-refractivity contribution in [2.24, 2.45) is 0 Å². The Labute approximate surface area is 89.7 Å². The molecule has 1 aromatic rings. The van der Waals surface area contributed by atoms with Crippen molar-refractivity contribution in [2.75, 3.05) is 7.11 Å². The van der Waals surface area contributed by atoms with Crippen LogP contribution in [0.4, 0.5) is 4.39 Å². The molecule has 1 aromatic carbocycles. The molecule has 0 saturated heterocycles. The van der Waals surface area contributed by atoms with Gasteiger partial charge in [0.05, 0.1) is 13.2 Å². The summed E-state index contributed by atoms with van der Waals surface area (Å²) in [7, 11) is 1.45. The first-order valence-corrected chi connectivity index (χ1v) is 5.18. The lowest BCUT2D eigenvalue weighted by Crippen LogP contribution is -2.06. The molecule has 0 aliphatic rings. The van der Waals surface area contributed by atoms with Crippen LogP contribution < -0.4 is 4.74 Å². The molecular weight excluding hydrogens is 195 g/mol. The number of aliphatic hydroxyl groups is 1. The number of halogens is 1. The summed E-state index contributed by atoms with van der Waals surface area (Å²) in [5, 5.41) is 9.38. The summed E-state index contributed by atoms with van der Waals surface area (Å²) in [6.45, 7) is 1.91. The van der Waals surface area contributed by atoms with E-state index in [-0.39, 0.29) is 17.7 Å². The van der Waals surface area contributed by atoms with Crippen molar-refractivity contribution < 1.29 is 14.2 Å². The van der Waals surface area contributed by atoms with Crippen molar-refractivity contribution in [2.45, 2.75) is 32.3 Å². The molecule has 0 aliphatic carbocycles. The number of hydrogen-bond donors (Lipinski definition) is 1. The van der Waals surface area contributed by atoms with Gasteiger partial charge < -0.3 is 9.84 Å². The second-order valence-electron chi connectivity index (χ2n) is 3.53. The third kappa shape index (κ3) is 3.20. The number of hydrogen-bond acceptors (Lipinski definition) is 2. The molecule has 0 aromatic heterocycles. The van der Waals surface area contributed by atoms with Crippen molar-refractivity contribution in [3.63, 3.8) is 0 Å². The Kier molecular flexibility index (Phi) is 4.56. The van der Waals surface area contributed by atoms with Crippen LogP contribution >= 0.6 is 0 Å². The second-order valence-corrected chi connectivity index (χ2v) is 3.53. The zero-order valence-electron chi connectivity index (χ0n) is 9.16. The van der Waals surface area contributed by atoms with Crippen LogP contribution in [0.25, 0.3) is 0 Å². The topological polar surface area (TPSA) is 29.5 Å². The minimum Gasteiger partial charge on any atom is -0.494 e. The van der Waals surface area contributed by atoms with Gasteiger partial charge >= 0.3 is 0 Å². The van der Waals surface area contributed by atoms with Crippen molar-refractivity contribution in [1.82, 2.24) is 0 Å². The van der Waals surface area contributed by atoms with Gasteiger partial charge in [0.2, 0.25) is 0 Å². The molecule has 3 heteroatoms. The third-order valence-corrected chi connectivity index (χ3v) is 2.48. The largest absolute Gasteiger partial charge is 0.494 e. The Balaban J connectivity index is 2.68. The molecule has 0 spiro atoms. The molecule has 1 atom stereocenters. The highest BCUT2D eigenvalue weighted by atomic mass is 19.1. The predicted octanol–water partition coefficient (Wildman–Crippen LogP) is 2.54. The minimum absolute atomic E-state index is 0.262. The Bertz CT molecular complexity index is 312. The summed E-state index contributed by atoms with van der Waals surface area (Å²) in [6.07, 6.45) is 1.47. The molecule has 0 fully saturated rings. The summed E-state index contributed by atoms with van der Waals surface area (Å²) in [6, 6.07) is 5.07. The SMILES string of the molecule is CCC(O)CCc1cccc(OC)c1F. The molecule has 2 nitrogen and oxygen atoms in total. The maximum Gasteiger partial charge on any atom is 0.168 e. The zero-order chi connectivity index (χ0) is 11.3. The molecule has 0 amide bonds. The van der Waals surface area contributed by atoms with Gasteiger partial charge in [-0.1, -0.05) is 19.1 Å². The van der Waals surface area contributed by atoms with Crippen LogP contribution in [0.3, 0.4) is 0 Å². The smallest absolute Gasteiger partial charge is 0.168 e. The summed E-state index contributed by atoms with van der Waals surface area (Å²) < 4.78 is 18.5. The molecule has 0 saturated carbocycles. The van der Waals surface area contributed by atoms with Crippen molar-refractivity contribution in [3.8, 4) is 5.75 Å². The molecule has 1 N–H and O–H groups in total. The van der Waals surface area contributed by atoms with E-state index in [9.17, 15) is 9.50 Å². The van der Waals surface area contributed by atoms with Crippen LogP contribution in [0.1, 0.15) is 25.3 Å². The van der Waals surface area contributed by atoms with Crippen molar-refractivity contribution >= 4 is 0 Å². The lowest BCUT2D eigenvalue weighted by molar-refractivity contribution is 0.160. The van der Waals surface area contributed by atoms with E-state index in [0.29, 0.717) is 24.8 Å². The predicted molar refractivity (Wildman–Crippen MR) is 57.6 cm³/mol. The molecule has 0 aliphatic heterocycles. The first-order chi connectivity index (χ1) is 7.19. The van der Waals surface area contributed by atoms with Crippen molar-refractivity contribution in [3.05, 3.63) is 29.6 Å². The highest BCUT2D eigenvalue weighted by molar-refractivity contribution is 5.31. The highest BCUT2D eigenvalue weighted by Gasteiger charge is 2.09. The summed E-state index contributed by atoms with van der Waals surface area (Å²) in [5.41, 5.74) is 0.599. The van der Waals surface area contributed by atoms with Gasteiger partial charge in [0, 0.05) is 0 Å². The van der Waals surface area contributed by atoms with E-state index in [1.165, 1.54) is 7.11 Å². The van der Waals surface area contributed by atoms with Crippen LogP contribution in [0, 0.1) is 5.82 Å². The molecule has 0 heterocycles. The van der Waals surface area contributed by atoms with Crippen LogP contribution in [-0.4, -0.2) is 18.3 Å². The van der Waals surface area contributed by atoms with Crippen LogP contribution in [0.15, 0.2) is 18.2 Å². The van der Waals surface area contributed by atoms with Gasteiger partial charge in [0.25, 0.3) is 0 Å². The van der Waals surface area contributed by atoms with Crippen molar-refractivity contribution in [1.29, 1.82) is 0 Å². The van der Waals surface area contributed by atoms with Gasteiger partial charge in [-0.25, -0.2) is 4.39 Å². The number of benzene rings is 1. The van der Waals surface area contributed by atoms with Gasteiger partial charge in [-0.15, -0.1) is 0 Å². The second kappa shape index (κ2) is 5.71. The van der Waals surface area contributed by atoms with E-state index in [4.69, 9.17) is 4.74 Å². The lowest BCUT2D eigenvalue weighted by atomic mass is 10.0. The average Bonchev–Trinajstić information content (AvgIpc) is 2.27. The molecular formula is C12H17FO2. The number of rotatable bonds is 5.